The summed E-state index contributed by atoms with van der Waals surface area (Å²) in [6, 6.07) is 1.57. The van der Waals surface area contributed by atoms with E-state index in [1.807, 2.05) is 6.92 Å². The Morgan fingerprint density at radius 3 is 3.06 bits per heavy atom. The third kappa shape index (κ3) is 3.70. The second-order valence-electron chi connectivity index (χ2n) is 9.01. The number of aromatic nitrogens is 2. The van der Waals surface area contributed by atoms with Crippen LogP contribution in [0.15, 0.2) is 21.5 Å². The number of hydrogen-bond acceptors (Lipinski definition) is 5. The fourth-order valence-electron chi connectivity index (χ4n) is 5.19. The summed E-state index contributed by atoms with van der Waals surface area (Å²) in [7, 11) is -1.82. The first-order valence-corrected chi connectivity index (χ1v) is 12.7. The number of nitrogens with one attached hydrogen (secondary N) is 1. The lowest BCUT2D eigenvalue weighted by atomic mass is 9.94. The van der Waals surface area contributed by atoms with E-state index in [0.717, 1.165) is 48.9 Å². The molecular formula is C22H29N5O4S. The van der Waals surface area contributed by atoms with Crippen molar-refractivity contribution in [2.45, 2.75) is 56.4 Å². The molecule has 5 rings (SSSR count). The summed E-state index contributed by atoms with van der Waals surface area (Å²) in [6.45, 7) is 3.75. The van der Waals surface area contributed by atoms with Gasteiger partial charge in [-0.05, 0) is 54.4 Å². The number of hydrogen-bond donors (Lipinski definition) is 2. The molecule has 0 radical (unpaired) electrons. The third-order valence-electron chi connectivity index (χ3n) is 6.58. The summed E-state index contributed by atoms with van der Waals surface area (Å²) in [5.41, 5.74) is 5.61. The molecule has 0 unspecified atom stereocenters. The van der Waals surface area contributed by atoms with Crippen LogP contribution < -0.4 is 15.2 Å². The number of anilines is 1. The van der Waals surface area contributed by atoms with E-state index in [9.17, 15) is 9.00 Å². The maximum atomic E-state index is 13.2. The van der Waals surface area contributed by atoms with Crippen molar-refractivity contribution in [3.63, 3.8) is 0 Å². The highest BCUT2D eigenvalue weighted by Gasteiger charge is 2.32. The minimum Gasteiger partial charge on any atom is -0.477 e. The first kappa shape index (κ1) is 21.4. The zero-order valence-corrected chi connectivity index (χ0v) is 19.2. The number of nitrogens with two attached hydrogens (primary N) is 1. The quantitative estimate of drug-likeness (QED) is 0.728. The first-order chi connectivity index (χ1) is 15.4. The Balaban J connectivity index is 1.49. The number of methoxy groups -OCH3 is 1. The third-order valence-corrected chi connectivity index (χ3v) is 7.93. The van der Waals surface area contributed by atoms with Crippen molar-refractivity contribution in [1.29, 1.82) is 0 Å². The largest absolute Gasteiger partial charge is 0.477 e. The van der Waals surface area contributed by atoms with Crippen molar-refractivity contribution in [2.75, 3.05) is 25.6 Å². The van der Waals surface area contributed by atoms with Crippen molar-refractivity contribution < 1.29 is 18.5 Å². The Hall–Kier alpha value is -2.43. The molecule has 3 aliphatic rings. The van der Waals surface area contributed by atoms with Crippen LogP contribution in [0.5, 0.6) is 5.88 Å². The predicted molar refractivity (Wildman–Crippen MR) is 120 cm³/mol. The summed E-state index contributed by atoms with van der Waals surface area (Å²) in [5.74, 6) is 0.831. The van der Waals surface area contributed by atoms with Gasteiger partial charge in [0.05, 0.1) is 26.0 Å². The van der Waals surface area contributed by atoms with Gasteiger partial charge < -0.3 is 14.8 Å². The van der Waals surface area contributed by atoms with E-state index in [4.69, 9.17) is 14.6 Å². The van der Waals surface area contributed by atoms with Gasteiger partial charge in [0.1, 0.15) is 4.90 Å². The van der Waals surface area contributed by atoms with Gasteiger partial charge in [-0.2, -0.15) is 5.10 Å². The van der Waals surface area contributed by atoms with E-state index in [1.54, 1.807) is 11.8 Å². The van der Waals surface area contributed by atoms with Gasteiger partial charge in [0, 0.05) is 24.6 Å². The van der Waals surface area contributed by atoms with Crippen LogP contribution in [0.1, 0.15) is 47.9 Å². The zero-order valence-electron chi connectivity index (χ0n) is 18.4. The van der Waals surface area contributed by atoms with E-state index in [2.05, 4.69) is 20.8 Å². The van der Waals surface area contributed by atoms with Crippen molar-refractivity contribution in [2.24, 2.45) is 15.4 Å². The Kier molecular flexibility index (Phi) is 5.47. The van der Waals surface area contributed by atoms with Crippen LogP contribution >= 0.6 is 0 Å². The number of ether oxygens (including phenoxy) is 2. The lowest BCUT2D eigenvalue weighted by Crippen LogP contribution is -2.25. The van der Waals surface area contributed by atoms with Crippen LogP contribution in [0.2, 0.25) is 0 Å². The molecule has 10 heteroatoms. The molecule has 0 saturated heterocycles. The van der Waals surface area contributed by atoms with Gasteiger partial charge >= 0.3 is 6.03 Å². The summed E-state index contributed by atoms with van der Waals surface area (Å²) < 4.78 is 29.9. The van der Waals surface area contributed by atoms with Crippen LogP contribution in [-0.4, -0.2) is 40.3 Å². The fraction of sp³-hybridized carbons (Fsp3) is 0.545. The molecule has 0 fully saturated rings. The van der Waals surface area contributed by atoms with Gasteiger partial charge in [-0.15, -0.1) is 4.36 Å². The maximum absolute atomic E-state index is 13.2. The number of amides is 2. The number of aryl methyl sites for hydroxylation is 2. The Morgan fingerprint density at radius 2 is 2.25 bits per heavy atom. The van der Waals surface area contributed by atoms with Gasteiger partial charge in [0.15, 0.2) is 9.92 Å². The van der Waals surface area contributed by atoms with Crippen LogP contribution in [0.4, 0.5) is 10.5 Å². The summed E-state index contributed by atoms with van der Waals surface area (Å²) in [4.78, 5) is 13.1. The van der Waals surface area contributed by atoms with Crippen LogP contribution in [0.25, 0.3) is 0 Å². The number of carbonyl (C=O) groups excluding carboxylic acids is 1. The number of benzene rings is 1. The lowest BCUT2D eigenvalue weighted by molar-refractivity contribution is 0.171. The molecule has 3 N–H and O–H groups in total. The molecule has 1 aliphatic heterocycles. The molecule has 1 aromatic carbocycles. The smallest absolute Gasteiger partial charge is 0.354 e. The molecular weight excluding hydrogens is 430 g/mol. The zero-order chi connectivity index (χ0) is 22.5. The number of carbonyl (C=O) groups is 1. The number of rotatable bonds is 4. The molecule has 2 amide bonds. The molecule has 3 atom stereocenters. The van der Waals surface area contributed by atoms with Gasteiger partial charge in [0.25, 0.3) is 0 Å². The minimum atomic E-state index is -3.52. The average molecular weight is 460 g/mol. The van der Waals surface area contributed by atoms with Crippen molar-refractivity contribution >= 4 is 21.6 Å². The second-order valence-corrected chi connectivity index (χ2v) is 10.8. The SMILES string of the molecule is COC[C@@H]1CCc2cc3c(c(NC(=O)N=[S@](N)(=O)c4cnn5c4OC[C@@H](C)C5)c21)CCC3. The van der Waals surface area contributed by atoms with Gasteiger partial charge in [-0.3, -0.25) is 0 Å². The Labute approximate surface area is 188 Å². The normalized spacial score (nSPS) is 23.0. The maximum Gasteiger partial charge on any atom is 0.354 e. The highest BCUT2D eigenvalue weighted by molar-refractivity contribution is 7.91. The van der Waals surface area contributed by atoms with Crippen LogP contribution in [-0.2, 0) is 40.5 Å². The second kappa shape index (κ2) is 8.17. The molecule has 172 valence electrons. The standard InChI is InChI=1S/C22H29N5O4S/c1-13-10-27-21(31-11-13)18(9-24-27)32(23,29)26-22(28)25-20-17-5-3-4-14(17)8-15-6-7-16(12-30-2)19(15)20/h8-9,13,16H,3-7,10-12H2,1-2H3,(H3,23,25,26,28,29)/t13-,16-,32-/m0/s1. The number of urea groups is 1. The van der Waals surface area contributed by atoms with E-state index < -0.39 is 15.9 Å². The molecule has 32 heavy (non-hydrogen) atoms. The molecule has 2 aromatic rings. The van der Waals surface area contributed by atoms with Crippen molar-refractivity contribution in [3.8, 4) is 5.88 Å². The van der Waals surface area contributed by atoms with Crippen molar-refractivity contribution in [1.82, 2.24) is 9.78 Å². The van der Waals surface area contributed by atoms with Gasteiger partial charge in [-0.25, -0.2) is 18.8 Å². The monoisotopic (exact) mass is 459 g/mol. The highest BCUT2D eigenvalue weighted by atomic mass is 32.2. The molecule has 9 nitrogen and oxygen atoms in total. The summed E-state index contributed by atoms with van der Waals surface area (Å²) in [6.07, 6.45) is 6.29. The molecule has 2 heterocycles. The molecule has 0 spiro atoms. The van der Waals surface area contributed by atoms with Gasteiger partial charge in [0.2, 0.25) is 5.88 Å². The van der Waals surface area contributed by atoms with E-state index in [0.29, 0.717) is 25.6 Å². The van der Waals surface area contributed by atoms with E-state index in [1.165, 1.54) is 17.3 Å². The topological polar surface area (TPSA) is 121 Å². The molecule has 0 bridgehead atoms. The molecule has 2 aliphatic carbocycles. The van der Waals surface area contributed by atoms with Crippen LogP contribution in [0.3, 0.4) is 0 Å². The number of fused-ring (bicyclic) bond motifs is 3. The predicted octanol–water partition coefficient (Wildman–Crippen LogP) is 3.01. The lowest BCUT2D eigenvalue weighted by Gasteiger charge is -2.21. The summed E-state index contributed by atoms with van der Waals surface area (Å²) in [5, 5.41) is 13.2. The Bertz CT molecular complexity index is 1200. The molecule has 0 saturated carbocycles. The number of nitrogens with zero attached hydrogens (tertiary/aromatic N) is 3. The molecule has 1 aromatic heterocycles. The summed E-state index contributed by atoms with van der Waals surface area (Å²) >= 11 is 0. The van der Waals surface area contributed by atoms with Crippen molar-refractivity contribution in [3.05, 3.63) is 34.5 Å². The van der Waals surface area contributed by atoms with E-state index in [-0.39, 0.29) is 16.7 Å². The first-order valence-electron chi connectivity index (χ1n) is 11.1. The van der Waals surface area contributed by atoms with E-state index >= 15 is 0 Å². The fourth-order valence-corrected chi connectivity index (χ4v) is 6.19. The highest BCUT2D eigenvalue weighted by Crippen LogP contribution is 2.44. The Morgan fingerprint density at radius 1 is 1.41 bits per heavy atom. The van der Waals surface area contributed by atoms with Crippen LogP contribution in [0, 0.1) is 5.92 Å². The minimum absolute atomic E-state index is 0.153. The van der Waals surface area contributed by atoms with Gasteiger partial charge in [-0.1, -0.05) is 13.0 Å². The average Bonchev–Trinajstić information content (AvgIpc) is 3.46.